The van der Waals surface area contributed by atoms with E-state index in [1.807, 2.05) is 0 Å². The molecule has 1 N–H and O–H groups in total. The molecule has 0 aliphatic heterocycles. The van der Waals surface area contributed by atoms with Gasteiger partial charge in [0.1, 0.15) is 6.61 Å². The number of carbonyl (C=O) groups is 2. The van der Waals surface area contributed by atoms with Gasteiger partial charge in [-0.15, -0.1) is 0 Å². The SMILES string of the molecule is CC/C=C\C/C=C\C/C=C\C/C=C\C/C=C\CCCCCCCC(=O)OC(CO)COC(=O)CCCCCCCCCCCCCCCCCC/C=C\C/C=C\C/C=C\C/C=C\CC. The molecule has 0 aliphatic carbocycles. The lowest BCUT2D eigenvalue weighted by molar-refractivity contribution is -0.161. The Morgan fingerprint density at radius 2 is 0.625 bits per heavy atom. The van der Waals surface area contributed by atoms with E-state index in [0.717, 1.165) is 116 Å². The summed E-state index contributed by atoms with van der Waals surface area (Å²) >= 11 is 0. The molecule has 0 rings (SSSR count). The molecule has 364 valence electrons. The third-order valence-electron chi connectivity index (χ3n) is 11.1. The Morgan fingerprint density at radius 3 is 0.938 bits per heavy atom. The van der Waals surface area contributed by atoms with Crippen molar-refractivity contribution in [2.45, 2.75) is 238 Å². The summed E-state index contributed by atoms with van der Waals surface area (Å²) in [6, 6.07) is 0. The number of esters is 2. The molecule has 64 heavy (non-hydrogen) atoms. The number of carbonyl (C=O) groups excluding carboxylic acids is 2. The van der Waals surface area contributed by atoms with Crippen LogP contribution in [0.25, 0.3) is 0 Å². The van der Waals surface area contributed by atoms with Crippen LogP contribution in [0, 0.1) is 0 Å². The third kappa shape index (κ3) is 51.2. The fourth-order valence-corrected chi connectivity index (χ4v) is 7.16. The summed E-state index contributed by atoms with van der Waals surface area (Å²) in [6.07, 6.45) is 77.6. The van der Waals surface area contributed by atoms with Crippen molar-refractivity contribution in [1.82, 2.24) is 0 Å². The molecule has 0 aromatic heterocycles. The van der Waals surface area contributed by atoms with Crippen LogP contribution >= 0.6 is 0 Å². The first-order valence-electron chi connectivity index (χ1n) is 26.4. The topological polar surface area (TPSA) is 72.8 Å². The van der Waals surface area contributed by atoms with Crippen LogP contribution in [0.1, 0.15) is 232 Å². The number of hydrogen-bond donors (Lipinski definition) is 1. The van der Waals surface area contributed by atoms with Gasteiger partial charge in [-0.1, -0.05) is 232 Å². The Bertz CT molecular complexity index is 1280. The van der Waals surface area contributed by atoms with Crippen LogP contribution in [-0.2, 0) is 19.1 Å². The van der Waals surface area contributed by atoms with Crippen LogP contribution in [0.2, 0.25) is 0 Å². The molecule has 0 saturated heterocycles. The number of aliphatic hydroxyl groups is 1. The summed E-state index contributed by atoms with van der Waals surface area (Å²) < 4.78 is 10.7. The smallest absolute Gasteiger partial charge is 0.306 e. The first-order chi connectivity index (χ1) is 31.6. The Hall–Kier alpha value is -3.44. The second-order valence-corrected chi connectivity index (χ2v) is 17.2. The lowest BCUT2D eigenvalue weighted by atomic mass is 10.0. The molecule has 0 aromatic carbocycles. The number of aliphatic hydroxyl groups excluding tert-OH is 1. The second-order valence-electron chi connectivity index (χ2n) is 17.2. The van der Waals surface area contributed by atoms with Crippen molar-refractivity contribution in [2.75, 3.05) is 13.2 Å². The van der Waals surface area contributed by atoms with E-state index in [1.165, 1.54) is 89.9 Å². The van der Waals surface area contributed by atoms with Crippen LogP contribution in [0.4, 0.5) is 0 Å². The number of hydrogen-bond acceptors (Lipinski definition) is 5. The summed E-state index contributed by atoms with van der Waals surface area (Å²) in [5.41, 5.74) is 0. The lowest BCUT2D eigenvalue weighted by Gasteiger charge is -2.15. The van der Waals surface area contributed by atoms with Gasteiger partial charge in [-0.3, -0.25) is 9.59 Å². The Morgan fingerprint density at radius 1 is 0.359 bits per heavy atom. The highest BCUT2D eigenvalue weighted by molar-refractivity contribution is 5.70. The monoisotopic (exact) mass is 887 g/mol. The predicted octanol–water partition coefficient (Wildman–Crippen LogP) is 17.7. The minimum atomic E-state index is -0.789. The van der Waals surface area contributed by atoms with Crippen LogP contribution in [0.15, 0.2) is 109 Å². The average molecular weight is 887 g/mol. The summed E-state index contributed by atoms with van der Waals surface area (Å²) in [4.78, 5) is 24.5. The highest BCUT2D eigenvalue weighted by Gasteiger charge is 2.16. The van der Waals surface area contributed by atoms with Crippen molar-refractivity contribution >= 4 is 11.9 Å². The number of rotatable bonds is 47. The van der Waals surface area contributed by atoms with Gasteiger partial charge in [0.05, 0.1) is 6.61 Å². The molecule has 0 radical (unpaired) electrons. The molecular formula is C59H98O5. The predicted molar refractivity (Wildman–Crippen MR) is 279 cm³/mol. The van der Waals surface area contributed by atoms with E-state index in [2.05, 4.69) is 123 Å². The van der Waals surface area contributed by atoms with Crippen molar-refractivity contribution in [1.29, 1.82) is 0 Å². The minimum Gasteiger partial charge on any atom is -0.462 e. The van der Waals surface area contributed by atoms with Gasteiger partial charge in [0.25, 0.3) is 0 Å². The quantitative estimate of drug-likeness (QED) is 0.0374. The second kappa shape index (κ2) is 53.9. The molecule has 0 spiro atoms. The van der Waals surface area contributed by atoms with Gasteiger partial charge in [0.2, 0.25) is 0 Å². The van der Waals surface area contributed by atoms with Gasteiger partial charge < -0.3 is 14.6 Å². The molecule has 0 bridgehead atoms. The van der Waals surface area contributed by atoms with Gasteiger partial charge in [0, 0.05) is 12.8 Å². The summed E-state index contributed by atoms with van der Waals surface area (Å²) in [5, 5.41) is 9.63. The van der Waals surface area contributed by atoms with Gasteiger partial charge in [0.15, 0.2) is 6.10 Å². The Kier molecular flexibility index (Phi) is 51.0. The van der Waals surface area contributed by atoms with Crippen LogP contribution < -0.4 is 0 Å². The molecule has 0 aromatic rings. The maximum Gasteiger partial charge on any atom is 0.306 e. The van der Waals surface area contributed by atoms with E-state index in [4.69, 9.17) is 9.47 Å². The molecule has 0 saturated carbocycles. The third-order valence-corrected chi connectivity index (χ3v) is 11.1. The zero-order valence-corrected chi connectivity index (χ0v) is 41.5. The zero-order valence-electron chi connectivity index (χ0n) is 41.5. The lowest BCUT2D eigenvalue weighted by Crippen LogP contribution is -2.28. The van der Waals surface area contributed by atoms with Crippen molar-refractivity contribution in [3.63, 3.8) is 0 Å². The normalized spacial score (nSPS) is 13.1. The summed E-state index contributed by atoms with van der Waals surface area (Å²) in [6.45, 7) is 3.90. The standard InChI is InChI=1S/C59H98O5/c1-3-5-7-9-11-13-15-17-19-21-23-25-26-27-28-29-30-31-32-34-35-37-39-41-43-45-47-49-51-53-58(61)63-56-57(55-60)64-59(62)54-52-50-48-46-44-42-40-38-36-33-24-22-20-18-16-14-12-10-8-6-4-2/h5-8,11-14,17-20,23-25,33,38,40,57,60H,3-4,9-10,15-16,21-22,26-32,34-37,39,41-56H2,1-2H3/b7-5-,8-6-,13-11-,14-12-,19-17-,20-18-,25-23-,33-24-,40-38-. The van der Waals surface area contributed by atoms with E-state index < -0.39 is 6.10 Å². The molecule has 0 fully saturated rings. The maximum absolute atomic E-state index is 12.3. The van der Waals surface area contributed by atoms with E-state index in [0.29, 0.717) is 12.8 Å². The van der Waals surface area contributed by atoms with Crippen molar-refractivity contribution in [2.24, 2.45) is 0 Å². The Balaban J connectivity index is 3.53. The number of allylic oxidation sites excluding steroid dienone is 18. The van der Waals surface area contributed by atoms with Crippen molar-refractivity contribution in [3.8, 4) is 0 Å². The highest BCUT2D eigenvalue weighted by Crippen LogP contribution is 2.15. The number of unbranched alkanes of at least 4 members (excludes halogenated alkanes) is 21. The van der Waals surface area contributed by atoms with Crippen LogP contribution in [0.5, 0.6) is 0 Å². The van der Waals surface area contributed by atoms with Gasteiger partial charge in [-0.25, -0.2) is 0 Å². The summed E-state index contributed by atoms with van der Waals surface area (Å²) in [7, 11) is 0. The molecule has 0 amide bonds. The zero-order chi connectivity index (χ0) is 46.3. The van der Waals surface area contributed by atoms with Crippen LogP contribution in [-0.4, -0.2) is 36.4 Å². The summed E-state index contributed by atoms with van der Waals surface area (Å²) in [5.74, 6) is -0.614. The molecule has 0 aliphatic rings. The van der Waals surface area contributed by atoms with E-state index in [-0.39, 0.29) is 25.2 Å². The maximum atomic E-state index is 12.3. The highest BCUT2D eigenvalue weighted by atomic mass is 16.6. The molecule has 1 atom stereocenters. The molecular weight excluding hydrogens is 789 g/mol. The fraction of sp³-hybridized carbons (Fsp3) is 0.661. The van der Waals surface area contributed by atoms with Crippen molar-refractivity contribution < 1.29 is 24.2 Å². The van der Waals surface area contributed by atoms with E-state index in [9.17, 15) is 14.7 Å². The van der Waals surface area contributed by atoms with Gasteiger partial charge >= 0.3 is 11.9 Å². The number of ether oxygens (including phenoxy) is 2. The van der Waals surface area contributed by atoms with Crippen LogP contribution in [0.3, 0.4) is 0 Å². The van der Waals surface area contributed by atoms with E-state index >= 15 is 0 Å². The van der Waals surface area contributed by atoms with E-state index in [1.54, 1.807) is 0 Å². The first kappa shape index (κ1) is 60.6. The first-order valence-corrected chi connectivity index (χ1v) is 26.4. The molecule has 1 unspecified atom stereocenters. The largest absolute Gasteiger partial charge is 0.462 e. The molecule has 5 heteroatoms. The minimum absolute atomic E-state index is 0.0787. The average Bonchev–Trinajstić information content (AvgIpc) is 3.30. The Labute approximate surface area is 395 Å². The van der Waals surface area contributed by atoms with Gasteiger partial charge in [-0.05, 0) is 96.3 Å². The van der Waals surface area contributed by atoms with Gasteiger partial charge in [-0.2, -0.15) is 0 Å². The molecule has 0 heterocycles. The fourth-order valence-electron chi connectivity index (χ4n) is 7.16. The molecule has 5 nitrogen and oxygen atoms in total. The van der Waals surface area contributed by atoms with Crippen molar-refractivity contribution in [3.05, 3.63) is 109 Å².